The first-order chi connectivity index (χ1) is 26.7. The Kier molecular flexibility index (Phi) is 7.02. The minimum absolute atomic E-state index is 0.0728. The fourth-order valence-electron chi connectivity index (χ4n) is 8.59. The molecule has 0 amide bonds. The molecule has 0 spiro atoms. The molecule has 7 aromatic rings. The molecule has 2 unspecified atom stereocenters. The Hall–Kier alpha value is -6.91. The van der Waals surface area contributed by atoms with Crippen LogP contribution in [-0.2, 0) is 0 Å². The van der Waals surface area contributed by atoms with Gasteiger partial charge in [0.05, 0.1) is 23.3 Å². The number of anilines is 2. The maximum atomic E-state index is 4.68. The van der Waals surface area contributed by atoms with Gasteiger partial charge >= 0.3 is 0 Å². The zero-order valence-electron chi connectivity index (χ0n) is 29.6. The Morgan fingerprint density at radius 1 is 0.611 bits per heavy atom. The lowest BCUT2D eigenvalue weighted by Crippen LogP contribution is -2.31. The lowest BCUT2D eigenvalue weighted by atomic mass is 9.87. The van der Waals surface area contributed by atoms with E-state index < -0.39 is 0 Å². The van der Waals surface area contributed by atoms with Crippen LogP contribution in [0.25, 0.3) is 67.0 Å². The van der Waals surface area contributed by atoms with Crippen molar-refractivity contribution in [2.75, 3.05) is 17.2 Å². The zero-order chi connectivity index (χ0) is 35.6. The number of allylic oxidation sites excluding steroid dienone is 4. The highest BCUT2D eigenvalue weighted by atomic mass is 14.9. The number of hydrogen-bond donors (Lipinski definition) is 3. The molecule has 1 aromatic heterocycles. The summed E-state index contributed by atoms with van der Waals surface area (Å²) in [6, 6.07) is 42.1. The van der Waals surface area contributed by atoms with E-state index in [-0.39, 0.29) is 12.1 Å². The van der Waals surface area contributed by atoms with Crippen LogP contribution < -0.4 is 16.0 Å². The Balaban J connectivity index is 0.858. The smallest absolute Gasteiger partial charge is 0.0939 e. The van der Waals surface area contributed by atoms with Crippen molar-refractivity contribution in [3.63, 3.8) is 0 Å². The lowest BCUT2D eigenvalue weighted by Gasteiger charge is -2.28. The minimum atomic E-state index is 0.0728. The van der Waals surface area contributed by atoms with Gasteiger partial charge in [-0.2, -0.15) is 0 Å². The van der Waals surface area contributed by atoms with Crippen LogP contribution in [0.3, 0.4) is 0 Å². The minimum Gasteiger partial charge on any atom is -0.379 e. The molecule has 11 rings (SSSR count). The molecule has 3 aliphatic heterocycles. The molecule has 0 saturated carbocycles. The Morgan fingerprint density at radius 3 is 2.35 bits per heavy atom. The van der Waals surface area contributed by atoms with Gasteiger partial charge in [-0.3, -0.25) is 4.98 Å². The molecule has 6 aromatic carbocycles. The number of benzene rings is 6. The van der Waals surface area contributed by atoms with Crippen molar-refractivity contribution in [3.8, 4) is 11.1 Å². The van der Waals surface area contributed by atoms with Gasteiger partial charge in [0.1, 0.15) is 0 Å². The quantitative estimate of drug-likeness (QED) is 0.161. The highest BCUT2D eigenvalue weighted by molar-refractivity contribution is 6.12. The van der Waals surface area contributed by atoms with Gasteiger partial charge in [-0.05, 0) is 96.4 Å². The topological polar surface area (TPSA) is 49.0 Å². The van der Waals surface area contributed by atoms with Gasteiger partial charge < -0.3 is 16.0 Å². The Bertz CT molecular complexity index is 2880. The molecule has 4 nitrogen and oxygen atoms in total. The summed E-state index contributed by atoms with van der Waals surface area (Å²) in [5.74, 6) is 0. The van der Waals surface area contributed by atoms with E-state index in [0.29, 0.717) is 0 Å². The third-order valence-electron chi connectivity index (χ3n) is 11.3. The summed E-state index contributed by atoms with van der Waals surface area (Å²) in [5, 5.41) is 17.5. The highest BCUT2D eigenvalue weighted by Crippen LogP contribution is 2.40. The number of hydrogen-bond acceptors (Lipinski definition) is 4. The molecule has 0 bridgehead atoms. The molecule has 4 aliphatic rings. The molecule has 1 aliphatic carbocycles. The SMILES string of the molecule is C1=Cc2c(-c3ccc(C4C=Cc5ccc(C6=CC=C7C=CC(c8cc9ccccc9c9ccccc89)=CC7N6)cc5N4)cc3)cc3cccnc3c2NC1. The first-order valence-electron chi connectivity index (χ1n) is 18.7. The van der Waals surface area contributed by atoms with Crippen molar-refractivity contribution in [3.05, 3.63) is 197 Å². The summed E-state index contributed by atoms with van der Waals surface area (Å²) in [7, 11) is 0. The van der Waals surface area contributed by atoms with Crippen molar-refractivity contribution in [2.45, 2.75) is 12.1 Å². The highest BCUT2D eigenvalue weighted by Gasteiger charge is 2.23. The summed E-state index contributed by atoms with van der Waals surface area (Å²) < 4.78 is 0. The van der Waals surface area contributed by atoms with Gasteiger partial charge in [-0.1, -0.05) is 140 Å². The maximum Gasteiger partial charge on any atom is 0.0939 e. The van der Waals surface area contributed by atoms with Crippen LogP contribution in [0.5, 0.6) is 0 Å². The van der Waals surface area contributed by atoms with Crippen molar-refractivity contribution in [1.29, 1.82) is 0 Å². The van der Waals surface area contributed by atoms with Gasteiger partial charge in [-0.15, -0.1) is 0 Å². The second kappa shape index (κ2) is 12.4. The van der Waals surface area contributed by atoms with Crippen LogP contribution in [0.2, 0.25) is 0 Å². The fraction of sp³-hybridized carbons (Fsp3) is 0.0600. The number of rotatable bonds is 4. The van der Waals surface area contributed by atoms with Crippen molar-refractivity contribution in [2.24, 2.45) is 0 Å². The average Bonchev–Trinajstić information content (AvgIpc) is 3.25. The van der Waals surface area contributed by atoms with Gasteiger partial charge in [0, 0.05) is 35.1 Å². The third-order valence-corrected chi connectivity index (χ3v) is 11.3. The summed E-state index contributed by atoms with van der Waals surface area (Å²) in [5.41, 5.74) is 15.4. The van der Waals surface area contributed by atoms with Crippen LogP contribution >= 0.6 is 0 Å². The van der Waals surface area contributed by atoms with Crippen LogP contribution in [0.15, 0.2) is 170 Å². The lowest BCUT2D eigenvalue weighted by molar-refractivity contribution is 0.815. The van der Waals surface area contributed by atoms with E-state index in [1.54, 1.807) is 0 Å². The first kappa shape index (κ1) is 30.7. The molecule has 4 heteroatoms. The van der Waals surface area contributed by atoms with Crippen LogP contribution in [0.4, 0.5) is 11.4 Å². The van der Waals surface area contributed by atoms with E-state index in [9.17, 15) is 0 Å². The van der Waals surface area contributed by atoms with Crippen molar-refractivity contribution < 1.29 is 0 Å². The van der Waals surface area contributed by atoms with E-state index in [4.69, 9.17) is 0 Å². The van der Waals surface area contributed by atoms with Crippen LogP contribution in [0, 0.1) is 0 Å². The van der Waals surface area contributed by atoms with Gasteiger partial charge in [0.25, 0.3) is 0 Å². The van der Waals surface area contributed by atoms with Crippen molar-refractivity contribution >= 4 is 67.2 Å². The predicted octanol–water partition coefficient (Wildman–Crippen LogP) is 11.7. The van der Waals surface area contributed by atoms with E-state index in [0.717, 1.165) is 34.5 Å². The first-order valence-corrected chi connectivity index (χ1v) is 18.7. The molecule has 2 atom stereocenters. The van der Waals surface area contributed by atoms with E-state index in [1.165, 1.54) is 71.6 Å². The normalized spacial score (nSPS) is 18.1. The number of nitrogens with one attached hydrogen (secondary N) is 3. The Labute approximate surface area is 314 Å². The van der Waals surface area contributed by atoms with E-state index >= 15 is 0 Å². The molecule has 3 N–H and O–H groups in total. The van der Waals surface area contributed by atoms with Crippen molar-refractivity contribution in [1.82, 2.24) is 10.3 Å². The molecule has 0 saturated heterocycles. The maximum absolute atomic E-state index is 4.68. The number of aromatic nitrogens is 1. The van der Waals surface area contributed by atoms with Gasteiger partial charge in [0.15, 0.2) is 0 Å². The second-order valence-corrected chi connectivity index (χ2v) is 14.5. The predicted molar refractivity (Wildman–Crippen MR) is 228 cm³/mol. The van der Waals surface area contributed by atoms with Crippen LogP contribution in [-0.4, -0.2) is 17.6 Å². The number of dihydropyridines is 1. The monoisotopic (exact) mass is 692 g/mol. The molecular weight excluding hydrogens is 657 g/mol. The summed E-state index contributed by atoms with van der Waals surface area (Å²) in [4.78, 5) is 4.68. The molecule has 4 heterocycles. The Morgan fingerprint density at radius 2 is 1.43 bits per heavy atom. The molecule has 54 heavy (non-hydrogen) atoms. The van der Waals surface area contributed by atoms with Crippen LogP contribution in [0.1, 0.15) is 33.9 Å². The summed E-state index contributed by atoms with van der Waals surface area (Å²) in [6.45, 7) is 0.814. The summed E-state index contributed by atoms with van der Waals surface area (Å²) >= 11 is 0. The largest absolute Gasteiger partial charge is 0.379 e. The number of fused-ring (bicyclic) bond motifs is 8. The zero-order valence-corrected chi connectivity index (χ0v) is 29.6. The van der Waals surface area contributed by atoms with E-state index in [2.05, 4.69) is 185 Å². The molecule has 0 fully saturated rings. The summed E-state index contributed by atoms with van der Waals surface area (Å²) in [6.07, 6.45) is 22.2. The number of pyridine rings is 1. The van der Waals surface area contributed by atoms with Gasteiger partial charge in [0.2, 0.25) is 0 Å². The van der Waals surface area contributed by atoms with Gasteiger partial charge in [-0.25, -0.2) is 0 Å². The third kappa shape index (κ3) is 5.10. The molecule has 256 valence electrons. The average molecular weight is 693 g/mol. The van der Waals surface area contributed by atoms with E-state index in [1.807, 2.05) is 12.3 Å². The molecule has 0 radical (unpaired) electrons. The molecular formula is C50H36N4. The standard InChI is InChI=1S/C50H36N4/c1-2-9-39-35(7-1)27-44(41-11-4-3-10-40(39)41)36-19-17-33-22-24-46(54-47(33)29-36)37-20-18-34-21-23-45(53-48(34)30-37)32-15-13-31(14-16-32)43-28-38-8-5-25-51-49(38)50-42(43)12-6-26-52-50/h1-25,27-30,45,47,52-54H,26H2. The second-order valence-electron chi connectivity index (χ2n) is 14.5. The fourth-order valence-corrected chi connectivity index (χ4v) is 8.59. The number of nitrogens with zero attached hydrogens (tertiary/aromatic N) is 1.